The monoisotopic (exact) mass is 310 g/mol. The zero-order valence-electron chi connectivity index (χ0n) is 13.0. The number of carbonyl (C=O) groups is 1. The fourth-order valence-corrected chi connectivity index (χ4v) is 3.28. The lowest BCUT2D eigenvalue weighted by atomic mass is 10.1. The van der Waals surface area contributed by atoms with Crippen LogP contribution < -0.4 is 0 Å². The largest absolute Gasteiger partial charge is 0.452 e. The first kappa shape index (κ1) is 14.0. The van der Waals surface area contributed by atoms with E-state index in [0.29, 0.717) is 11.7 Å². The lowest BCUT2D eigenvalue weighted by Gasteiger charge is -2.08. The molecule has 1 aliphatic carbocycles. The van der Waals surface area contributed by atoms with E-state index in [0.717, 1.165) is 16.5 Å². The van der Waals surface area contributed by atoms with Crippen LogP contribution in [0.1, 0.15) is 31.7 Å². The molecule has 1 fully saturated rings. The highest BCUT2D eigenvalue weighted by Crippen LogP contribution is 2.30. The molecule has 3 aromatic rings. The average Bonchev–Trinajstić information content (AvgIpc) is 3.31. The number of fused-ring (bicyclic) bond motifs is 1. The Morgan fingerprint density at radius 1 is 1.26 bits per heavy atom. The van der Waals surface area contributed by atoms with Gasteiger partial charge in [-0.25, -0.2) is 14.3 Å². The van der Waals surface area contributed by atoms with Gasteiger partial charge in [-0.3, -0.25) is 4.68 Å². The van der Waals surface area contributed by atoms with Crippen molar-refractivity contribution in [1.29, 1.82) is 0 Å². The van der Waals surface area contributed by atoms with Crippen molar-refractivity contribution in [2.24, 2.45) is 0 Å². The molecule has 118 valence electrons. The SMILES string of the molecule is COC(=O)n1ccc2cc(-c3cnn(C4CCCC4)c3)cnc21. The summed E-state index contributed by atoms with van der Waals surface area (Å²) in [6.45, 7) is 0. The van der Waals surface area contributed by atoms with E-state index in [1.54, 1.807) is 12.4 Å². The molecule has 6 nitrogen and oxygen atoms in total. The second kappa shape index (κ2) is 5.53. The molecule has 4 rings (SSSR count). The van der Waals surface area contributed by atoms with Gasteiger partial charge in [0.15, 0.2) is 0 Å². The molecule has 0 N–H and O–H groups in total. The molecule has 0 amide bonds. The van der Waals surface area contributed by atoms with Crippen LogP contribution in [0.3, 0.4) is 0 Å². The molecular weight excluding hydrogens is 292 g/mol. The van der Waals surface area contributed by atoms with Crippen molar-refractivity contribution in [3.8, 4) is 11.1 Å². The Kier molecular flexibility index (Phi) is 3.37. The first-order chi connectivity index (χ1) is 11.3. The van der Waals surface area contributed by atoms with E-state index in [1.807, 2.05) is 18.3 Å². The van der Waals surface area contributed by atoms with Crippen molar-refractivity contribution in [3.63, 3.8) is 0 Å². The van der Waals surface area contributed by atoms with Gasteiger partial charge >= 0.3 is 6.09 Å². The number of hydrogen-bond acceptors (Lipinski definition) is 4. The first-order valence-electron chi connectivity index (χ1n) is 7.86. The number of rotatable bonds is 2. The molecular formula is C17H18N4O2. The fraction of sp³-hybridized carbons (Fsp3) is 0.353. The number of pyridine rings is 1. The standard InChI is InChI=1S/C17H18N4O2/c1-23-17(22)20-7-6-12-8-13(9-18-16(12)20)14-10-19-21(11-14)15-4-2-3-5-15/h6-11,15H,2-5H2,1H3. The van der Waals surface area contributed by atoms with Crippen molar-refractivity contribution in [3.05, 3.63) is 36.9 Å². The lowest BCUT2D eigenvalue weighted by Crippen LogP contribution is -2.10. The Morgan fingerprint density at radius 3 is 2.87 bits per heavy atom. The zero-order valence-corrected chi connectivity index (χ0v) is 13.0. The maximum atomic E-state index is 11.7. The normalized spacial score (nSPS) is 15.3. The summed E-state index contributed by atoms with van der Waals surface area (Å²) in [6, 6.07) is 4.42. The molecule has 1 saturated carbocycles. The molecule has 3 heterocycles. The van der Waals surface area contributed by atoms with E-state index < -0.39 is 6.09 Å². The minimum absolute atomic E-state index is 0.436. The first-order valence-corrected chi connectivity index (χ1v) is 7.86. The smallest absolute Gasteiger partial charge is 0.419 e. The molecule has 23 heavy (non-hydrogen) atoms. The van der Waals surface area contributed by atoms with E-state index in [9.17, 15) is 4.79 Å². The van der Waals surface area contributed by atoms with Crippen LogP contribution in [0, 0.1) is 0 Å². The number of carbonyl (C=O) groups excluding carboxylic acids is 1. The molecule has 0 radical (unpaired) electrons. The number of aromatic nitrogens is 4. The van der Waals surface area contributed by atoms with E-state index in [1.165, 1.54) is 37.4 Å². The summed E-state index contributed by atoms with van der Waals surface area (Å²) in [5, 5.41) is 5.42. The summed E-state index contributed by atoms with van der Waals surface area (Å²) < 4.78 is 8.23. The summed E-state index contributed by atoms with van der Waals surface area (Å²) in [6.07, 6.45) is 12.0. The van der Waals surface area contributed by atoms with Crippen LogP contribution in [0.25, 0.3) is 22.2 Å². The van der Waals surface area contributed by atoms with Crippen LogP contribution in [0.5, 0.6) is 0 Å². The third kappa shape index (κ3) is 2.40. The Hall–Kier alpha value is -2.63. The van der Waals surface area contributed by atoms with E-state index >= 15 is 0 Å². The van der Waals surface area contributed by atoms with E-state index in [-0.39, 0.29) is 0 Å². The predicted molar refractivity (Wildman–Crippen MR) is 86.3 cm³/mol. The van der Waals surface area contributed by atoms with Crippen molar-refractivity contribution >= 4 is 17.1 Å². The van der Waals surface area contributed by atoms with E-state index in [2.05, 4.69) is 21.0 Å². The van der Waals surface area contributed by atoms with Crippen molar-refractivity contribution in [1.82, 2.24) is 19.3 Å². The van der Waals surface area contributed by atoms with Crippen LogP contribution >= 0.6 is 0 Å². The van der Waals surface area contributed by atoms with Gasteiger partial charge in [-0.05, 0) is 25.0 Å². The van der Waals surface area contributed by atoms with Gasteiger partial charge in [-0.1, -0.05) is 12.8 Å². The summed E-state index contributed by atoms with van der Waals surface area (Å²) in [5.41, 5.74) is 2.66. The highest BCUT2D eigenvalue weighted by Gasteiger charge is 2.18. The van der Waals surface area contributed by atoms with Gasteiger partial charge in [0.05, 0.1) is 19.3 Å². The molecule has 6 heteroatoms. The second-order valence-corrected chi connectivity index (χ2v) is 5.94. The summed E-state index contributed by atoms with van der Waals surface area (Å²) in [4.78, 5) is 16.1. The van der Waals surface area contributed by atoms with Gasteiger partial charge in [0.25, 0.3) is 0 Å². The minimum atomic E-state index is -0.436. The maximum absolute atomic E-state index is 11.7. The Labute approximate surface area is 133 Å². The van der Waals surface area contributed by atoms with Crippen LogP contribution in [0.4, 0.5) is 4.79 Å². The highest BCUT2D eigenvalue weighted by atomic mass is 16.5. The number of hydrogen-bond donors (Lipinski definition) is 0. The Morgan fingerprint density at radius 2 is 2.09 bits per heavy atom. The maximum Gasteiger partial charge on any atom is 0.419 e. The van der Waals surface area contributed by atoms with Crippen molar-refractivity contribution in [2.75, 3.05) is 7.11 Å². The van der Waals surface area contributed by atoms with Gasteiger partial charge in [0.1, 0.15) is 5.65 Å². The van der Waals surface area contributed by atoms with E-state index in [4.69, 9.17) is 4.74 Å². The third-order valence-corrected chi connectivity index (χ3v) is 4.53. The quantitative estimate of drug-likeness (QED) is 0.725. The molecule has 0 saturated heterocycles. The molecule has 0 unspecified atom stereocenters. The molecule has 0 bridgehead atoms. The number of ether oxygens (including phenoxy) is 1. The second-order valence-electron chi connectivity index (χ2n) is 5.94. The van der Waals surface area contributed by atoms with Crippen LogP contribution in [0.15, 0.2) is 36.9 Å². The van der Waals surface area contributed by atoms with Gasteiger partial charge < -0.3 is 4.74 Å². The molecule has 0 spiro atoms. The average molecular weight is 310 g/mol. The number of methoxy groups -OCH3 is 1. The summed E-state index contributed by atoms with van der Waals surface area (Å²) >= 11 is 0. The fourth-order valence-electron chi connectivity index (χ4n) is 3.28. The molecule has 0 aliphatic heterocycles. The molecule has 0 atom stereocenters. The van der Waals surface area contributed by atoms with Crippen LogP contribution in [-0.4, -0.2) is 32.5 Å². The number of nitrogens with zero attached hydrogens (tertiary/aromatic N) is 4. The highest BCUT2D eigenvalue weighted by molar-refractivity contribution is 5.89. The van der Waals surface area contributed by atoms with Crippen molar-refractivity contribution in [2.45, 2.75) is 31.7 Å². The minimum Gasteiger partial charge on any atom is -0.452 e. The summed E-state index contributed by atoms with van der Waals surface area (Å²) in [7, 11) is 1.36. The molecule has 3 aromatic heterocycles. The van der Waals surface area contributed by atoms with Gasteiger partial charge in [0.2, 0.25) is 0 Å². The summed E-state index contributed by atoms with van der Waals surface area (Å²) in [5.74, 6) is 0. The zero-order chi connectivity index (χ0) is 15.8. The van der Waals surface area contributed by atoms with Gasteiger partial charge in [-0.2, -0.15) is 5.10 Å². The van der Waals surface area contributed by atoms with Crippen LogP contribution in [0.2, 0.25) is 0 Å². The third-order valence-electron chi connectivity index (χ3n) is 4.53. The molecule has 1 aliphatic rings. The topological polar surface area (TPSA) is 61.9 Å². The predicted octanol–water partition coefficient (Wildman–Crippen LogP) is 3.63. The van der Waals surface area contributed by atoms with Crippen molar-refractivity contribution < 1.29 is 9.53 Å². The van der Waals surface area contributed by atoms with Crippen LogP contribution in [-0.2, 0) is 4.74 Å². The lowest BCUT2D eigenvalue weighted by molar-refractivity contribution is 0.174. The molecule has 0 aromatic carbocycles. The van der Waals surface area contributed by atoms with Gasteiger partial charge in [-0.15, -0.1) is 0 Å². The van der Waals surface area contributed by atoms with Gasteiger partial charge in [0, 0.05) is 35.1 Å². The Balaban J connectivity index is 1.68. The Bertz CT molecular complexity index is 858.